The van der Waals surface area contributed by atoms with E-state index in [4.69, 9.17) is 0 Å². The van der Waals surface area contributed by atoms with Gasteiger partial charge in [-0.2, -0.15) is 0 Å². The minimum atomic E-state index is -0.103. The van der Waals surface area contributed by atoms with Crippen LogP contribution in [0.15, 0.2) is 84.9 Å². The zero-order valence-electron chi connectivity index (χ0n) is 16.7. The lowest BCUT2D eigenvalue weighted by Crippen LogP contribution is -2.22. The Bertz CT molecular complexity index is 1170. The summed E-state index contributed by atoms with van der Waals surface area (Å²) in [5.41, 5.74) is 13.5. The predicted molar refractivity (Wildman–Crippen MR) is 121 cm³/mol. The van der Waals surface area contributed by atoms with Gasteiger partial charge in [-0.05, 0) is 55.6 Å². The fraction of sp³-hybridized carbons (Fsp3) is 0.103. The first kappa shape index (κ1) is 16.8. The molecule has 0 bridgehead atoms. The van der Waals surface area contributed by atoms with Crippen LogP contribution in [-0.2, 0) is 5.41 Å². The van der Waals surface area contributed by atoms with Crippen LogP contribution in [0.4, 0.5) is 0 Å². The first-order valence-electron chi connectivity index (χ1n) is 10.3. The maximum Gasteiger partial charge on any atom is 0.0215 e. The third-order valence-electron chi connectivity index (χ3n) is 6.66. The molecule has 2 aliphatic carbocycles. The predicted octanol–water partition coefficient (Wildman–Crippen LogP) is 7.17. The number of rotatable bonds is 2. The minimum Gasteiger partial charge on any atom is -0.0619 e. The van der Waals surface area contributed by atoms with Crippen molar-refractivity contribution in [1.29, 1.82) is 0 Å². The van der Waals surface area contributed by atoms with E-state index in [9.17, 15) is 0 Å². The topological polar surface area (TPSA) is 0 Å². The summed E-state index contributed by atoms with van der Waals surface area (Å²) in [4.78, 5) is 0. The summed E-state index contributed by atoms with van der Waals surface area (Å²) in [5, 5.41) is 0. The summed E-state index contributed by atoms with van der Waals surface area (Å²) in [6.07, 6.45) is 4.73. The molecular formula is C29H22. The Hall–Kier alpha value is -3.12. The molecule has 0 saturated heterocycles. The van der Waals surface area contributed by atoms with Crippen LogP contribution in [0.25, 0.3) is 22.3 Å². The molecule has 0 spiro atoms. The van der Waals surface area contributed by atoms with Crippen LogP contribution in [0.2, 0.25) is 0 Å². The van der Waals surface area contributed by atoms with Gasteiger partial charge in [0.25, 0.3) is 0 Å². The van der Waals surface area contributed by atoms with E-state index in [1.54, 1.807) is 0 Å². The van der Waals surface area contributed by atoms with Gasteiger partial charge < -0.3 is 0 Å². The molecule has 2 aliphatic rings. The summed E-state index contributed by atoms with van der Waals surface area (Å²) in [6, 6.07) is 31.0. The molecule has 0 atom stereocenters. The molecule has 0 fully saturated rings. The van der Waals surface area contributed by atoms with E-state index in [0.717, 1.165) is 0 Å². The molecule has 0 heterocycles. The van der Waals surface area contributed by atoms with Gasteiger partial charge in [-0.25, -0.2) is 0 Å². The van der Waals surface area contributed by atoms with Crippen LogP contribution < -0.4 is 0 Å². The Kier molecular flexibility index (Phi) is 3.44. The van der Waals surface area contributed by atoms with Crippen LogP contribution in [0.5, 0.6) is 0 Å². The molecule has 29 heavy (non-hydrogen) atoms. The molecule has 2 radical (unpaired) electrons. The van der Waals surface area contributed by atoms with E-state index in [1.807, 2.05) is 0 Å². The quantitative estimate of drug-likeness (QED) is 0.303. The summed E-state index contributed by atoms with van der Waals surface area (Å²) >= 11 is 0. The molecule has 4 aromatic carbocycles. The molecular weight excluding hydrogens is 348 g/mol. The lowest BCUT2D eigenvalue weighted by atomic mass is 9.73. The highest BCUT2D eigenvalue weighted by Crippen LogP contribution is 2.48. The van der Waals surface area contributed by atoms with Crippen molar-refractivity contribution in [3.8, 4) is 22.3 Å². The Morgan fingerprint density at radius 2 is 0.862 bits per heavy atom. The first-order valence-corrected chi connectivity index (χ1v) is 10.3. The van der Waals surface area contributed by atoms with E-state index in [2.05, 4.69) is 112 Å². The third-order valence-corrected chi connectivity index (χ3v) is 6.66. The molecule has 0 N–H and O–H groups in total. The third kappa shape index (κ3) is 2.32. The highest BCUT2D eigenvalue weighted by Gasteiger charge is 2.34. The summed E-state index contributed by atoms with van der Waals surface area (Å²) in [7, 11) is 0. The van der Waals surface area contributed by atoms with Crippen molar-refractivity contribution in [2.24, 2.45) is 0 Å². The highest BCUT2D eigenvalue weighted by molar-refractivity contribution is 5.85. The fourth-order valence-electron chi connectivity index (χ4n) is 5.19. The average molecular weight is 370 g/mol. The number of hydrogen-bond acceptors (Lipinski definition) is 0. The number of benzene rings is 4. The van der Waals surface area contributed by atoms with E-state index in [-0.39, 0.29) is 5.41 Å². The maximum absolute atomic E-state index is 2.37. The molecule has 0 saturated carbocycles. The standard InChI is InChI=1S/C29H22/c1-29(2,27-15-7-13-23-21-11-5-3-9-19(21)17-25(23)27)28-16-8-14-24-22-12-6-4-10-20(22)18-26(24)28/h3-18H,1-2H3. The molecule has 138 valence electrons. The number of hydrogen-bond donors (Lipinski definition) is 0. The smallest absolute Gasteiger partial charge is 0.0215 e. The average Bonchev–Trinajstić information content (AvgIpc) is 3.31. The Morgan fingerprint density at radius 3 is 1.34 bits per heavy atom. The lowest BCUT2D eigenvalue weighted by Gasteiger charge is -2.31. The Morgan fingerprint density at radius 1 is 0.448 bits per heavy atom. The van der Waals surface area contributed by atoms with Crippen molar-refractivity contribution in [3.05, 3.63) is 131 Å². The SMILES string of the molecule is CC(C)(c1cccc2c1[CH]c1ccccc1-2)c1cccc2c1[CH]c1ccccc1-2. The Balaban J connectivity index is 1.53. The first-order chi connectivity index (χ1) is 14.1. The molecule has 6 rings (SSSR count). The van der Waals surface area contributed by atoms with Crippen molar-refractivity contribution in [2.75, 3.05) is 0 Å². The lowest BCUT2D eigenvalue weighted by molar-refractivity contribution is 0.635. The molecule has 4 aromatic rings. The second-order valence-corrected chi connectivity index (χ2v) is 8.62. The largest absolute Gasteiger partial charge is 0.0619 e. The van der Waals surface area contributed by atoms with Crippen LogP contribution in [0, 0.1) is 12.8 Å². The summed E-state index contributed by atoms with van der Waals surface area (Å²) < 4.78 is 0. The second-order valence-electron chi connectivity index (χ2n) is 8.62. The van der Waals surface area contributed by atoms with Crippen molar-refractivity contribution in [1.82, 2.24) is 0 Å². The van der Waals surface area contributed by atoms with Crippen molar-refractivity contribution >= 4 is 0 Å². The highest BCUT2D eigenvalue weighted by atomic mass is 14.4. The Labute approximate surface area is 172 Å². The van der Waals surface area contributed by atoms with E-state index < -0.39 is 0 Å². The maximum atomic E-state index is 2.37. The molecule has 0 aromatic heterocycles. The van der Waals surface area contributed by atoms with Gasteiger partial charge in [-0.1, -0.05) is 98.8 Å². The molecule has 0 aliphatic heterocycles. The summed E-state index contributed by atoms with van der Waals surface area (Å²) in [5.74, 6) is 0. The number of fused-ring (bicyclic) bond motifs is 6. The second kappa shape index (κ2) is 5.94. The van der Waals surface area contributed by atoms with E-state index in [0.29, 0.717) is 0 Å². The minimum absolute atomic E-state index is 0.103. The van der Waals surface area contributed by atoms with Gasteiger partial charge in [0.05, 0.1) is 0 Å². The zero-order chi connectivity index (χ0) is 19.6. The molecule has 0 unspecified atom stereocenters. The molecule has 0 nitrogen and oxygen atoms in total. The van der Waals surface area contributed by atoms with Crippen molar-refractivity contribution in [3.63, 3.8) is 0 Å². The van der Waals surface area contributed by atoms with Gasteiger partial charge in [-0.15, -0.1) is 0 Å². The zero-order valence-corrected chi connectivity index (χ0v) is 16.7. The van der Waals surface area contributed by atoms with Crippen LogP contribution in [0.3, 0.4) is 0 Å². The van der Waals surface area contributed by atoms with Crippen molar-refractivity contribution < 1.29 is 0 Å². The van der Waals surface area contributed by atoms with Gasteiger partial charge in [0, 0.05) is 18.3 Å². The van der Waals surface area contributed by atoms with Gasteiger partial charge in [0.2, 0.25) is 0 Å². The van der Waals surface area contributed by atoms with E-state index in [1.165, 1.54) is 55.6 Å². The van der Waals surface area contributed by atoms with Crippen LogP contribution >= 0.6 is 0 Å². The van der Waals surface area contributed by atoms with Gasteiger partial charge >= 0.3 is 0 Å². The molecule has 0 amide bonds. The fourth-order valence-corrected chi connectivity index (χ4v) is 5.19. The molecule has 0 heteroatoms. The van der Waals surface area contributed by atoms with Gasteiger partial charge in [0.1, 0.15) is 0 Å². The summed E-state index contributed by atoms with van der Waals surface area (Å²) in [6.45, 7) is 4.73. The normalized spacial score (nSPS) is 13.6. The van der Waals surface area contributed by atoms with Gasteiger partial charge in [0.15, 0.2) is 0 Å². The van der Waals surface area contributed by atoms with Gasteiger partial charge in [-0.3, -0.25) is 0 Å². The van der Waals surface area contributed by atoms with Crippen LogP contribution in [0.1, 0.15) is 47.2 Å². The van der Waals surface area contributed by atoms with Crippen LogP contribution in [-0.4, -0.2) is 0 Å². The van der Waals surface area contributed by atoms with Crippen molar-refractivity contribution in [2.45, 2.75) is 19.3 Å². The monoisotopic (exact) mass is 370 g/mol. The van der Waals surface area contributed by atoms with E-state index >= 15 is 0 Å².